The molecule has 1 aliphatic heterocycles. The van der Waals surface area contributed by atoms with Gasteiger partial charge in [-0.2, -0.15) is 0 Å². The van der Waals surface area contributed by atoms with E-state index in [4.69, 9.17) is 9.73 Å². The van der Waals surface area contributed by atoms with E-state index >= 15 is 0 Å². The lowest BCUT2D eigenvalue weighted by Crippen LogP contribution is -2.47. The molecule has 1 N–H and O–H groups in total. The van der Waals surface area contributed by atoms with Gasteiger partial charge in [-0.3, -0.25) is 19.8 Å². The molecule has 1 atom stereocenters. The Morgan fingerprint density at radius 3 is 1.98 bits per heavy atom. The van der Waals surface area contributed by atoms with Crippen molar-refractivity contribution in [2.24, 2.45) is 4.99 Å². The van der Waals surface area contributed by atoms with Crippen LogP contribution < -0.4 is 5.32 Å². The summed E-state index contributed by atoms with van der Waals surface area (Å²) in [4.78, 5) is 49.3. The number of aliphatic imine (C=N–C) groups is 1. The summed E-state index contributed by atoms with van der Waals surface area (Å²) < 4.78 is 5.53. The van der Waals surface area contributed by atoms with Crippen molar-refractivity contribution in [2.45, 2.75) is 51.4 Å². The fourth-order valence-corrected chi connectivity index (χ4v) is 5.42. The van der Waals surface area contributed by atoms with Crippen molar-refractivity contribution < 1.29 is 19.1 Å². The largest absolute Gasteiger partial charge is 0.444 e. The average Bonchev–Trinajstić information content (AvgIpc) is 3.31. The topological polar surface area (TPSA) is 91.3 Å². The molecule has 0 bridgehead atoms. The Balaban J connectivity index is 1.51. The highest BCUT2D eigenvalue weighted by Gasteiger charge is 2.51. The van der Waals surface area contributed by atoms with Crippen LogP contribution in [0.3, 0.4) is 0 Å². The van der Waals surface area contributed by atoms with Crippen LogP contribution >= 0.6 is 0 Å². The number of carbonyl (C=O) groups is 3. The SMILES string of the molecule is C[C@H](c1ccccc1)N(C)C(=O)c1cccc(CN2C(=O)C(c3ccccc3)(c3ccccc3)N=C2NC(=O)OC(C)(C)C)c1. The molecule has 1 heterocycles. The number of alkyl carbamates (subject to hydrolysis) is 1. The van der Waals surface area contributed by atoms with Gasteiger partial charge in [-0.1, -0.05) is 103 Å². The van der Waals surface area contributed by atoms with Gasteiger partial charge in [0.25, 0.3) is 11.8 Å². The smallest absolute Gasteiger partial charge is 0.414 e. The zero-order valence-electron chi connectivity index (χ0n) is 26.2. The summed E-state index contributed by atoms with van der Waals surface area (Å²) in [6.07, 6.45) is -0.726. The van der Waals surface area contributed by atoms with Gasteiger partial charge in [0.05, 0.1) is 12.6 Å². The molecule has 230 valence electrons. The van der Waals surface area contributed by atoms with Gasteiger partial charge in [-0.15, -0.1) is 0 Å². The Bertz CT molecular complexity index is 1660. The summed E-state index contributed by atoms with van der Waals surface area (Å²) in [5.41, 5.74) is 1.34. The number of carbonyl (C=O) groups excluding carboxylic acids is 3. The molecular formula is C37H38N4O4. The molecule has 0 fully saturated rings. The molecule has 1 aliphatic rings. The average molecular weight is 603 g/mol. The van der Waals surface area contributed by atoms with Gasteiger partial charge in [0.2, 0.25) is 5.96 Å². The molecule has 0 saturated carbocycles. The fourth-order valence-electron chi connectivity index (χ4n) is 5.42. The van der Waals surface area contributed by atoms with E-state index in [0.717, 1.165) is 5.56 Å². The number of hydrogen-bond acceptors (Lipinski definition) is 5. The molecule has 0 aliphatic carbocycles. The molecule has 0 saturated heterocycles. The van der Waals surface area contributed by atoms with Gasteiger partial charge >= 0.3 is 6.09 Å². The lowest BCUT2D eigenvalue weighted by molar-refractivity contribution is -0.130. The number of rotatable bonds is 7. The van der Waals surface area contributed by atoms with Crippen molar-refractivity contribution in [3.05, 3.63) is 143 Å². The first kappa shape index (κ1) is 31.2. The third kappa shape index (κ3) is 6.65. The minimum atomic E-state index is -1.44. The molecule has 0 spiro atoms. The molecule has 8 nitrogen and oxygen atoms in total. The summed E-state index contributed by atoms with van der Waals surface area (Å²) in [7, 11) is 1.78. The molecule has 0 unspecified atom stereocenters. The van der Waals surface area contributed by atoms with Gasteiger partial charge in [-0.05, 0) is 62.1 Å². The monoisotopic (exact) mass is 602 g/mol. The lowest BCUT2D eigenvalue weighted by atomic mass is 9.83. The second kappa shape index (κ2) is 12.8. The van der Waals surface area contributed by atoms with Crippen LogP contribution in [0.2, 0.25) is 0 Å². The zero-order chi connectivity index (χ0) is 32.2. The highest BCUT2D eigenvalue weighted by molar-refractivity contribution is 6.12. The zero-order valence-corrected chi connectivity index (χ0v) is 26.2. The molecule has 3 amide bonds. The van der Waals surface area contributed by atoms with Crippen LogP contribution in [0.25, 0.3) is 0 Å². The number of nitrogens with zero attached hydrogens (tertiary/aromatic N) is 3. The minimum Gasteiger partial charge on any atom is -0.444 e. The van der Waals surface area contributed by atoms with E-state index in [-0.39, 0.29) is 30.4 Å². The van der Waals surface area contributed by atoms with Gasteiger partial charge in [0, 0.05) is 12.6 Å². The molecular weight excluding hydrogens is 564 g/mol. The first-order valence-corrected chi connectivity index (χ1v) is 14.9. The van der Waals surface area contributed by atoms with Gasteiger partial charge in [0.1, 0.15) is 5.60 Å². The highest BCUT2D eigenvalue weighted by atomic mass is 16.6. The number of nitrogens with one attached hydrogen (secondary N) is 1. The van der Waals surface area contributed by atoms with Crippen LogP contribution in [0.5, 0.6) is 0 Å². The van der Waals surface area contributed by atoms with Crippen molar-refractivity contribution in [1.82, 2.24) is 15.1 Å². The maximum absolute atomic E-state index is 14.6. The standard InChI is InChI=1S/C37H38N4O4/c1-26(28-17-9-6-10-18-28)40(5)32(42)29-19-15-16-27(24-29)25-41-33(43)37(30-20-11-7-12-21-30,31-22-13-8-14-23-31)39-34(41)38-35(44)45-36(2,3)4/h6-24,26H,25H2,1-5H3,(H,38,39,44)/t26-/m1/s1. The highest BCUT2D eigenvalue weighted by Crippen LogP contribution is 2.40. The van der Waals surface area contributed by atoms with Gasteiger partial charge < -0.3 is 9.64 Å². The second-order valence-corrected chi connectivity index (χ2v) is 12.1. The van der Waals surface area contributed by atoms with E-state index in [1.165, 1.54) is 4.90 Å². The predicted molar refractivity (Wildman–Crippen MR) is 174 cm³/mol. The van der Waals surface area contributed by atoms with E-state index in [1.54, 1.807) is 50.9 Å². The number of ether oxygens (including phenoxy) is 1. The quantitative estimate of drug-likeness (QED) is 0.255. The molecule has 5 rings (SSSR count). The van der Waals surface area contributed by atoms with E-state index in [9.17, 15) is 14.4 Å². The molecule has 4 aromatic carbocycles. The van der Waals surface area contributed by atoms with Crippen molar-refractivity contribution in [3.8, 4) is 0 Å². The Morgan fingerprint density at radius 2 is 1.42 bits per heavy atom. The first-order valence-electron chi connectivity index (χ1n) is 14.9. The van der Waals surface area contributed by atoms with Crippen LogP contribution in [0, 0.1) is 0 Å². The van der Waals surface area contributed by atoms with E-state index in [0.29, 0.717) is 22.3 Å². The maximum Gasteiger partial charge on any atom is 0.414 e. The summed E-state index contributed by atoms with van der Waals surface area (Å²) in [6, 6.07) is 35.5. The number of amides is 3. The summed E-state index contributed by atoms with van der Waals surface area (Å²) >= 11 is 0. The predicted octanol–water partition coefficient (Wildman–Crippen LogP) is 6.69. The normalized spacial score (nSPS) is 14.8. The van der Waals surface area contributed by atoms with Crippen LogP contribution in [0.4, 0.5) is 4.79 Å². The van der Waals surface area contributed by atoms with Crippen molar-refractivity contribution in [1.29, 1.82) is 0 Å². The fraction of sp³-hybridized carbons (Fsp3) is 0.243. The van der Waals surface area contributed by atoms with Crippen LogP contribution in [0.1, 0.15) is 66.3 Å². The molecule has 0 aromatic heterocycles. The Labute approximate surface area is 264 Å². The Hall–Kier alpha value is -5.24. The van der Waals surface area contributed by atoms with E-state index in [2.05, 4.69) is 5.32 Å². The number of benzene rings is 4. The molecule has 4 aromatic rings. The second-order valence-electron chi connectivity index (χ2n) is 12.1. The first-order chi connectivity index (χ1) is 21.5. The lowest BCUT2D eigenvalue weighted by Gasteiger charge is -2.28. The van der Waals surface area contributed by atoms with Crippen LogP contribution in [0.15, 0.2) is 120 Å². The van der Waals surface area contributed by atoms with Crippen molar-refractivity contribution >= 4 is 23.9 Å². The van der Waals surface area contributed by atoms with Crippen molar-refractivity contribution in [3.63, 3.8) is 0 Å². The third-order valence-corrected chi connectivity index (χ3v) is 7.78. The molecule has 8 heteroatoms. The number of hydrogen-bond donors (Lipinski definition) is 1. The van der Waals surface area contributed by atoms with E-state index in [1.807, 2.05) is 104 Å². The Kier molecular flexibility index (Phi) is 8.86. The summed E-state index contributed by atoms with van der Waals surface area (Å²) in [5, 5.41) is 2.74. The molecule has 0 radical (unpaired) electrons. The van der Waals surface area contributed by atoms with E-state index < -0.39 is 17.2 Å². The maximum atomic E-state index is 14.6. The summed E-state index contributed by atoms with van der Waals surface area (Å²) in [5.74, 6) is -0.421. The van der Waals surface area contributed by atoms with Crippen molar-refractivity contribution in [2.75, 3.05) is 7.05 Å². The third-order valence-electron chi connectivity index (χ3n) is 7.78. The van der Waals surface area contributed by atoms with Gasteiger partial charge in [0.15, 0.2) is 5.54 Å². The Morgan fingerprint density at radius 1 is 0.867 bits per heavy atom. The summed E-state index contributed by atoms with van der Waals surface area (Å²) in [6.45, 7) is 7.35. The molecule has 45 heavy (non-hydrogen) atoms. The number of guanidine groups is 1. The van der Waals surface area contributed by atoms with Crippen LogP contribution in [-0.2, 0) is 21.6 Å². The minimum absolute atomic E-state index is 0.0634. The van der Waals surface area contributed by atoms with Crippen LogP contribution in [-0.4, -0.2) is 46.3 Å². The van der Waals surface area contributed by atoms with Gasteiger partial charge in [-0.25, -0.2) is 9.79 Å².